The maximum absolute atomic E-state index is 12.0. The summed E-state index contributed by atoms with van der Waals surface area (Å²) in [6, 6.07) is 9.89. The van der Waals surface area contributed by atoms with Crippen LogP contribution in [0.5, 0.6) is 0 Å². The van der Waals surface area contributed by atoms with E-state index in [4.69, 9.17) is 4.74 Å². The average molecular weight is 301 g/mol. The Balaban J connectivity index is 1.76. The van der Waals surface area contributed by atoms with Gasteiger partial charge in [-0.05, 0) is 24.3 Å². The van der Waals surface area contributed by atoms with Gasteiger partial charge in [0.1, 0.15) is 6.61 Å². The van der Waals surface area contributed by atoms with Crippen molar-refractivity contribution >= 4 is 6.09 Å². The Morgan fingerprint density at radius 2 is 2.00 bits per heavy atom. The molecule has 22 heavy (non-hydrogen) atoms. The smallest absolute Gasteiger partial charge is 0.407 e. The van der Waals surface area contributed by atoms with Gasteiger partial charge in [0.05, 0.1) is 0 Å². The molecule has 1 fully saturated rings. The van der Waals surface area contributed by atoms with Gasteiger partial charge in [0.25, 0.3) is 0 Å². The van der Waals surface area contributed by atoms with E-state index >= 15 is 0 Å². The zero-order chi connectivity index (χ0) is 15.6. The van der Waals surface area contributed by atoms with Crippen LogP contribution in [0.4, 0.5) is 4.79 Å². The Morgan fingerprint density at radius 3 is 2.68 bits per heavy atom. The second-order valence-corrected chi connectivity index (χ2v) is 6.17. The Labute approximate surface area is 133 Å². The lowest BCUT2D eigenvalue weighted by atomic mass is 9.84. The number of alkyl carbamates (subject to hydrolysis) is 1. The topological polar surface area (TPSA) is 38.3 Å². The van der Waals surface area contributed by atoms with Gasteiger partial charge in [-0.2, -0.15) is 0 Å². The number of hydrogen-bond acceptors (Lipinski definition) is 2. The number of carbonyl (C=O) groups is 1. The molecular formula is C19H27NO2. The Kier molecular flexibility index (Phi) is 7.01. The first kappa shape index (κ1) is 16.6. The van der Waals surface area contributed by atoms with Crippen LogP contribution < -0.4 is 5.32 Å². The van der Waals surface area contributed by atoms with Crippen molar-refractivity contribution in [3.63, 3.8) is 0 Å². The molecule has 1 aromatic rings. The highest BCUT2D eigenvalue weighted by Gasteiger charge is 2.20. The summed E-state index contributed by atoms with van der Waals surface area (Å²) in [6.07, 6.45) is 9.96. The Hall–Kier alpha value is -1.77. The van der Waals surface area contributed by atoms with Crippen LogP contribution in [-0.2, 0) is 11.3 Å². The highest BCUT2D eigenvalue weighted by molar-refractivity contribution is 5.67. The molecule has 0 heterocycles. The normalized spacial score (nSPS) is 16.7. The molecule has 1 saturated carbocycles. The first-order chi connectivity index (χ1) is 10.8. The van der Waals surface area contributed by atoms with Crippen molar-refractivity contribution in [3.05, 3.63) is 48.6 Å². The van der Waals surface area contributed by atoms with Gasteiger partial charge in [-0.3, -0.25) is 0 Å². The van der Waals surface area contributed by atoms with E-state index in [0.717, 1.165) is 24.3 Å². The number of rotatable bonds is 7. The van der Waals surface area contributed by atoms with E-state index in [0.29, 0.717) is 6.61 Å². The summed E-state index contributed by atoms with van der Waals surface area (Å²) in [4.78, 5) is 12.0. The first-order valence-electron chi connectivity index (χ1n) is 8.36. The number of hydrogen-bond donors (Lipinski definition) is 1. The van der Waals surface area contributed by atoms with Crippen LogP contribution in [0.1, 0.15) is 50.5 Å². The number of amides is 1. The predicted molar refractivity (Wildman–Crippen MR) is 89.6 cm³/mol. The summed E-state index contributed by atoms with van der Waals surface area (Å²) < 4.78 is 5.31. The lowest BCUT2D eigenvalue weighted by Gasteiger charge is -2.26. The quantitative estimate of drug-likeness (QED) is 0.733. The van der Waals surface area contributed by atoms with E-state index in [-0.39, 0.29) is 12.1 Å². The van der Waals surface area contributed by atoms with Crippen molar-refractivity contribution in [3.8, 4) is 0 Å². The molecule has 0 saturated heterocycles. The zero-order valence-electron chi connectivity index (χ0n) is 13.3. The van der Waals surface area contributed by atoms with Crippen LogP contribution in [-0.4, -0.2) is 12.1 Å². The second kappa shape index (κ2) is 9.29. The molecule has 1 aliphatic carbocycles. The van der Waals surface area contributed by atoms with E-state index in [1.54, 1.807) is 0 Å². The van der Waals surface area contributed by atoms with Crippen LogP contribution in [0.2, 0.25) is 0 Å². The maximum Gasteiger partial charge on any atom is 0.407 e. The van der Waals surface area contributed by atoms with Gasteiger partial charge < -0.3 is 10.1 Å². The van der Waals surface area contributed by atoms with Crippen molar-refractivity contribution in [1.82, 2.24) is 5.32 Å². The summed E-state index contributed by atoms with van der Waals surface area (Å²) in [5, 5.41) is 3.00. The largest absolute Gasteiger partial charge is 0.445 e. The molecule has 2 rings (SSSR count). The average Bonchev–Trinajstić information content (AvgIpc) is 2.55. The minimum atomic E-state index is -0.327. The first-order valence-corrected chi connectivity index (χ1v) is 8.36. The van der Waals surface area contributed by atoms with Gasteiger partial charge in [-0.25, -0.2) is 4.79 Å². The fourth-order valence-electron chi connectivity index (χ4n) is 3.17. The van der Waals surface area contributed by atoms with Crippen molar-refractivity contribution in [1.29, 1.82) is 0 Å². The summed E-state index contributed by atoms with van der Waals surface area (Å²) in [5.74, 6) is 0.730. The number of benzene rings is 1. The maximum atomic E-state index is 12.0. The van der Waals surface area contributed by atoms with Gasteiger partial charge in [0, 0.05) is 6.04 Å². The lowest BCUT2D eigenvalue weighted by molar-refractivity contribution is 0.133. The van der Waals surface area contributed by atoms with Gasteiger partial charge >= 0.3 is 6.09 Å². The van der Waals surface area contributed by atoms with Gasteiger partial charge in [0.15, 0.2) is 0 Å². The predicted octanol–water partition coefficient (Wildman–Crippen LogP) is 4.83. The third-order valence-corrected chi connectivity index (χ3v) is 4.33. The van der Waals surface area contributed by atoms with E-state index in [1.807, 2.05) is 36.4 Å². The van der Waals surface area contributed by atoms with E-state index in [9.17, 15) is 4.79 Å². The molecule has 0 aromatic heterocycles. The SMILES string of the molecule is C=CCC(CC1CCCCC1)NC(=O)OCc1ccccc1. The molecule has 0 radical (unpaired) electrons. The number of nitrogens with one attached hydrogen (secondary N) is 1. The zero-order valence-corrected chi connectivity index (χ0v) is 13.3. The molecule has 1 unspecified atom stereocenters. The van der Waals surface area contributed by atoms with Gasteiger partial charge in [-0.15, -0.1) is 6.58 Å². The van der Waals surface area contributed by atoms with Crippen LogP contribution in [0.15, 0.2) is 43.0 Å². The molecule has 0 aliphatic heterocycles. The minimum absolute atomic E-state index is 0.142. The van der Waals surface area contributed by atoms with E-state index in [2.05, 4.69) is 11.9 Å². The Morgan fingerprint density at radius 1 is 1.27 bits per heavy atom. The van der Waals surface area contributed by atoms with Crippen molar-refractivity contribution in [2.45, 2.75) is 57.6 Å². The van der Waals surface area contributed by atoms with Gasteiger partial charge in [-0.1, -0.05) is 68.5 Å². The monoisotopic (exact) mass is 301 g/mol. The molecule has 1 amide bonds. The number of carbonyl (C=O) groups excluding carboxylic acids is 1. The molecule has 0 bridgehead atoms. The second-order valence-electron chi connectivity index (χ2n) is 6.17. The Bertz CT molecular complexity index is 452. The molecule has 3 heteroatoms. The highest BCUT2D eigenvalue weighted by atomic mass is 16.5. The molecule has 3 nitrogen and oxygen atoms in total. The van der Waals surface area contributed by atoms with Crippen molar-refractivity contribution in [2.75, 3.05) is 0 Å². The van der Waals surface area contributed by atoms with Crippen LogP contribution in [0.25, 0.3) is 0 Å². The van der Waals surface area contributed by atoms with Gasteiger partial charge in [0.2, 0.25) is 0 Å². The number of ether oxygens (including phenoxy) is 1. The fraction of sp³-hybridized carbons (Fsp3) is 0.526. The van der Waals surface area contributed by atoms with Crippen molar-refractivity contribution < 1.29 is 9.53 Å². The minimum Gasteiger partial charge on any atom is -0.445 e. The highest BCUT2D eigenvalue weighted by Crippen LogP contribution is 2.28. The standard InChI is InChI=1S/C19H27NO2/c1-2-9-18(14-16-10-5-3-6-11-16)20-19(21)22-15-17-12-7-4-8-13-17/h2,4,7-8,12-13,16,18H,1,3,5-6,9-11,14-15H2,(H,20,21). The molecule has 1 aromatic carbocycles. The summed E-state index contributed by atoms with van der Waals surface area (Å²) in [5.41, 5.74) is 1.00. The summed E-state index contributed by atoms with van der Waals surface area (Å²) in [7, 11) is 0. The summed E-state index contributed by atoms with van der Waals surface area (Å²) in [6.45, 7) is 4.12. The molecule has 1 N–H and O–H groups in total. The third kappa shape index (κ3) is 5.92. The molecule has 1 atom stereocenters. The fourth-order valence-corrected chi connectivity index (χ4v) is 3.17. The molecular weight excluding hydrogens is 274 g/mol. The summed E-state index contributed by atoms with van der Waals surface area (Å²) >= 11 is 0. The van der Waals surface area contributed by atoms with Crippen LogP contribution >= 0.6 is 0 Å². The van der Waals surface area contributed by atoms with E-state index in [1.165, 1.54) is 32.1 Å². The van der Waals surface area contributed by atoms with Crippen molar-refractivity contribution in [2.24, 2.45) is 5.92 Å². The lowest BCUT2D eigenvalue weighted by Crippen LogP contribution is -2.36. The van der Waals surface area contributed by atoms with Crippen LogP contribution in [0.3, 0.4) is 0 Å². The third-order valence-electron chi connectivity index (χ3n) is 4.33. The molecule has 0 spiro atoms. The van der Waals surface area contributed by atoms with Crippen LogP contribution in [0, 0.1) is 5.92 Å². The molecule has 1 aliphatic rings. The molecule has 120 valence electrons. The van der Waals surface area contributed by atoms with E-state index < -0.39 is 0 Å².